The Morgan fingerprint density at radius 3 is 2.80 bits per heavy atom. The predicted molar refractivity (Wildman–Crippen MR) is 118 cm³/mol. The van der Waals surface area contributed by atoms with Gasteiger partial charge in [-0.25, -0.2) is 4.68 Å². The van der Waals surface area contributed by atoms with Crippen LogP contribution < -0.4 is 0 Å². The molecular weight excluding hydrogens is 396 g/mol. The van der Waals surface area contributed by atoms with E-state index in [4.69, 9.17) is 11.6 Å². The van der Waals surface area contributed by atoms with Crippen LogP contribution in [-0.2, 0) is 6.54 Å². The molecule has 4 aromatic rings. The highest BCUT2D eigenvalue weighted by molar-refractivity contribution is 6.30. The fraction of sp³-hybridized carbons (Fsp3) is 0.208. The van der Waals surface area contributed by atoms with Crippen molar-refractivity contribution in [2.45, 2.75) is 18.9 Å². The molecule has 1 atom stereocenters. The summed E-state index contributed by atoms with van der Waals surface area (Å²) in [6.07, 6.45) is 2.67. The van der Waals surface area contributed by atoms with E-state index in [1.165, 1.54) is 16.3 Å². The highest BCUT2D eigenvalue weighted by Crippen LogP contribution is 2.29. The Morgan fingerprint density at radius 1 is 1.07 bits per heavy atom. The van der Waals surface area contributed by atoms with Crippen LogP contribution in [0, 0.1) is 0 Å². The van der Waals surface area contributed by atoms with Crippen molar-refractivity contribution in [3.8, 4) is 0 Å². The molecule has 3 aromatic carbocycles. The maximum absolute atomic E-state index is 13.0. The second kappa shape index (κ2) is 7.92. The van der Waals surface area contributed by atoms with Crippen LogP contribution >= 0.6 is 11.6 Å². The van der Waals surface area contributed by atoms with Gasteiger partial charge in [0.15, 0.2) is 5.69 Å². The molecule has 1 fully saturated rings. The van der Waals surface area contributed by atoms with Gasteiger partial charge in [-0.15, -0.1) is 5.10 Å². The molecule has 0 spiro atoms. The van der Waals surface area contributed by atoms with Gasteiger partial charge < -0.3 is 4.90 Å². The van der Waals surface area contributed by atoms with Gasteiger partial charge >= 0.3 is 0 Å². The van der Waals surface area contributed by atoms with Gasteiger partial charge in [-0.1, -0.05) is 71.4 Å². The molecule has 1 saturated heterocycles. The Labute approximate surface area is 179 Å². The molecular formula is C24H21ClN4O. The van der Waals surface area contributed by atoms with E-state index < -0.39 is 0 Å². The molecule has 5 rings (SSSR count). The average molecular weight is 417 g/mol. The maximum atomic E-state index is 13.0. The Bertz CT molecular complexity index is 1210. The van der Waals surface area contributed by atoms with Gasteiger partial charge in [-0.05, 0) is 40.5 Å². The largest absolute Gasteiger partial charge is 0.337 e. The number of fused-ring (bicyclic) bond motifs is 1. The first-order valence-corrected chi connectivity index (χ1v) is 10.5. The van der Waals surface area contributed by atoms with Crippen molar-refractivity contribution >= 4 is 28.3 Å². The molecule has 150 valence electrons. The summed E-state index contributed by atoms with van der Waals surface area (Å²) in [5, 5.41) is 11.5. The highest BCUT2D eigenvalue weighted by atomic mass is 35.5. The zero-order valence-electron chi connectivity index (χ0n) is 16.4. The number of benzene rings is 3. The van der Waals surface area contributed by atoms with Crippen molar-refractivity contribution < 1.29 is 4.79 Å². The van der Waals surface area contributed by atoms with Crippen molar-refractivity contribution in [1.82, 2.24) is 19.9 Å². The number of aromatic nitrogens is 3. The fourth-order valence-electron chi connectivity index (χ4n) is 4.22. The zero-order chi connectivity index (χ0) is 20.5. The van der Waals surface area contributed by atoms with E-state index in [-0.39, 0.29) is 5.91 Å². The minimum atomic E-state index is -0.0660. The Morgan fingerprint density at radius 2 is 1.90 bits per heavy atom. The number of carbonyl (C=O) groups is 1. The molecule has 0 aliphatic carbocycles. The zero-order valence-corrected chi connectivity index (χ0v) is 17.2. The molecule has 0 bridgehead atoms. The van der Waals surface area contributed by atoms with Crippen molar-refractivity contribution in [3.05, 3.63) is 94.8 Å². The van der Waals surface area contributed by atoms with Crippen LogP contribution in [0.3, 0.4) is 0 Å². The molecule has 0 radical (unpaired) electrons. The van der Waals surface area contributed by atoms with E-state index in [9.17, 15) is 4.79 Å². The van der Waals surface area contributed by atoms with Gasteiger partial charge in [-0.2, -0.15) is 0 Å². The monoisotopic (exact) mass is 416 g/mol. The van der Waals surface area contributed by atoms with E-state index in [0.29, 0.717) is 31.2 Å². The SMILES string of the molecule is O=C(c1cn(Cc2cccc3ccccc23)nn1)N1CC[C@H](c2cccc(Cl)c2)C1. The van der Waals surface area contributed by atoms with Crippen LogP contribution in [0.25, 0.3) is 10.8 Å². The number of amides is 1. The van der Waals surface area contributed by atoms with Crippen molar-refractivity contribution in [2.24, 2.45) is 0 Å². The minimum Gasteiger partial charge on any atom is -0.337 e. The number of halogens is 1. The summed E-state index contributed by atoms with van der Waals surface area (Å²) >= 11 is 6.12. The molecule has 1 aliphatic rings. The summed E-state index contributed by atoms with van der Waals surface area (Å²) in [7, 11) is 0. The Balaban J connectivity index is 1.30. The number of likely N-dealkylation sites (tertiary alicyclic amines) is 1. The third-order valence-electron chi connectivity index (χ3n) is 5.77. The van der Waals surface area contributed by atoms with Gasteiger partial charge in [0.25, 0.3) is 5.91 Å². The van der Waals surface area contributed by atoms with Crippen molar-refractivity contribution in [3.63, 3.8) is 0 Å². The molecule has 0 N–H and O–H groups in total. The summed E-state index contributed by atoms with van der Waals surface area (Å²) in [5.74, 6) is 0.238. The molecule has 30 heavy (non-hydrogen) atoms. The van der Waals surface area contributed by atoms with Gasteiger partial charge in [0.1, 0.15) is 0 Å². The first-order valence-electron chi connectivity index (χ1n) is 10.1. The molecule has 2 heterocycles. The fourth-order valence-corrected chi connectivity index (χ4v) is 4.42. The Kier molecular flexibility index (Phi) is 4.97. The summed E-state index contributed by atoms with van der Waals surface area (Å²) in [6.45, 7) is 1.97. The van der Waals surface area contributed by atoms with Gasteiger partial charge in [-0.3, -0.25) is 4.79 Å². The van der Waals surface area contributed by atoms with Crippen LogP contribution in [0.1, 0.15) is 34.0 Å². The van der Waals surface area contributed by atoms with Gasteiger partial charge in [0.05, 0.1) is 12.7 Å². The first kappa shape index (κ1) is 18.8. The van der Waals surface area contributed by atoms with Gasteiger partial charge in [0.2, 0.25) is 0 Å². The number of nitrogens with zero attached hydrogens (tertiary/aromatic N) is 4. The Hall–Kier alpha value is -3.18. The van der Waals surface area contributed by atoms with E-state index >= 15 is 0 Å². The van der Waals surface area contributed by atoms with E-state index in [1.54, 1.807) is 10.9 Å². The molecule has 0 saturated carbocycles. The standard InChI is InChI=1S/C24H21ClN4O/c25-21-9-4-7-18(13-21)19-11-12-28(14-19)24(30)23-16-29(27-26-23)15-20-8-3-6-17-5-1-2-10-22(17)20/h1-10,13,16,19H,11-12,14-15H2/t19-/m0/s1. The first-order chi connectivity index (χ1) is 14.7. The third-order valence-corrected chi connectivity index (χ3v) is 6.00. The van der Waals surface area contributed by atoms with E-state index in [2.05, 4.69) is 40.6 Å². The molecule has 1 amide bonds. The van der Waals surface area contributed by atoms with Crippen LogP contribution in [0.2, 0.25) is 5.02 Å². The lowest BCUT2D eigenvalue weighted by atomic mass is 9.99. The quantitative estimate of drug-likeness (QED) is 0.481. The molecule has 6 heteroatoms. The highest BCUT2D eigenvalue weighted by Gasteiger charge is 2.29. The smallest absolute Gasteiger partial charge is 0.276 e. The van der Waals surface area contributed by atoms with Crippen molar-refractivity contribution in [1.29, 1.82) is 0 Å². The number of carbonyl (C=O) groups excluding carboxylic acids is 1. The van der Waals surface area contributed by atoms with E-state index in [1.807, 2.05) is 41.3 Å². The lowest BCUT2D eigenvalue weighted by molar-refractivity contribution is 0.0785. The number of hydrogen-bond acceptors (Lipinski definition) is 3. The normalized spacial score (nSPS) is 16.3. The summed E-state index contributed by atoms with van der Waals surface area (Å²) < 4.78 is 1.74. The molecule has 1 aromatic heterocycles. The number of hydrogen-bond donors (Lipinski definition) is 0. The summed E-state index contributed by atoms with van der Waals surface area (Å²) in [4.78, 5) is 14.8. The van der Waals surface area contributed by atoms with Crippen LogP contribution in [-0.4, -0.2) is 38.9 Å². The molecule has 1 aliphatic heterocycles. The third kappa shape index (κ3) is 3.68. The number of rotatable bonds is 4. The molecule has 5 nitrogen and oxygen atoms in total. The predicted octanol–water partition coefficient (Wildman–Crippen LogP) is 4.76. The van der Waals surface area contributed by atoms with Gasteiger partial charge in [0, 0.05) is 24.0 Å². The second-order valence-corrected chi connectivity index (χ2v) is 8.17. The van der Waals surface area contributed by atoms with E-state index in [0.717, 1.165) is 17.0 Å². The maximum Gasteiger partial charge on any atom is 0.276 e. The van der Waals surface area contributed by atoms with Crippen LogP contribution in [0.4, 0.5) is 0 Å². The average Bonchev–Trinajstić information content (AvgIpc) is 3.44. The lowest BCUT2D eigenvalue weighted by Gasteiger charge is -2.15. The summed E-state index contributed by atoms with van der Waals surface area (Å²) in [6, 6.07) is 22.4. The topological polar surface area (TPSA) is 51.0 Å². The van der Waals surface area contributed by atoms with Crippen LogP contribution in [0.5, 0.6) is 0 Å². The molecule has 0 unspecified atom stereocenters. The lowest BCUT2D eigenvalue weighted by Crippen LogP contribution is -2.28. The van der Waals surface area contributed by atoms with Crippen molar-refractivity contribution in [2.75, 3.05) is 13.1 Å². The van der Waals surface area contributed by atoms with Crippen LogP contribution in [0.15, 0.2) is 72.9 Å². The second-order valence-electron chi connectivity index (χ2n) is 7.73. The summed E-state index contributed by atoms with van der Waals surface area (Å²) in [5.41, 5.74) is 2.72. The minimum absolute atomic E-state index is 0.0660.